The number of nitrogens with zero attached hydrogens (tertiary/aromatic N) is 2. The summed E-state index contributed by atoms with van der Waals surface area (Å²) in [7, 11) is 0. The van der Waals surface area contributed by atoms with Gasteiger partial charge in [-0.3, -0.25) is 9.20 Å². The molecule has 0 spiro atoms. The molecule has 1 N–H and O–H groups in total. The van der Waals surface area contributed by atoms with Crippen molar-refractivity contribution in [1.29, 1.82) is 0 Å². The van der Waals surface area contributed by atoms with Gasteiger partial charge >= 0.3 is 0 Å². The van der Waals surface area contributed by atoms with Crippen molar-refractivity contribution in [2.24, 2.45) is 0 Å². The van der Waals surface area contributed by atoms with Gasteiger partial charge in [0, 0.05) is 11.8 Å². The first-order valence-corrected chi connectivity index (χ1v) is 6.67. The fourth-order valence-corrected chi connectivity index (χ4v) is 2.22. The molecule has 0 aliphatic rings. The van der Waals surface area contributed by atoms with E-state index in [1.165, 1.54) is 18.2 Å². The van der Waals surface area contributed by atoms with Gasteiger partial charge in [0.2, 0.25) is 0 Å². The molecule has 3 rings (SSSR count). The van der Waals surface area contributed by atoms with Gasteiger partial charge in [0.25, 0.3) is 5.91 Å². The Morgan fingerprint density at radius 2 is 2.10 bits per heavy atom. The molecule has 106 valence electrons. The van der Waals surface area contributed by atoms with Gasteiger partial charge < -0.3 is 5.32 Å². The zero-order chi connectivity index (χ0) is 14.8. The SMILES string of the molecule is O=C(NCc1cn2c(Cl)cccc2n1)c1cccc(F)c1. The number of fused-ring (bicyclic) bond motifs is 1. The van der Waals surface area contributed by atoms with Crippen molar-refractivity contribution in [3.8, 4) is 0 Å². The molecular formula is C15H11ClFN3O. The van der Waals surface area contributed by atoms with E-state index in [0.29, 0.717) is 16.5 Å². The summed E-state index contributed by atoms with van der Waals surface area (Å²) in [5, 5.41) is 3.24. The maximum absolute atomic E-state index is 13.1. The zero-order valence-electron chi connectivity index (χ0n) is 10.9. The Morgan fingerprint density at radius 1 is 1.29 bits per heavy atom. The van der Waals surface area contributed by atoms with Gasteiger partial charge in [-0.15, -0.1) is 0 Å². The lowest BCUT2D eigenvalue weighted by molar-refractivity contribution is 0.0950. The molecule has 6 heteroatoms. The van der Waals surface area contributed by atoms with Crippen LogP contribution in [0, 0.1) is 5.82 Å². The Kier molecular flexibility index (Phi) is 3.58. The summed E-state index contributed by atoms with van der Waals surface area (Å²) in [4.78, 5) is 16.3. The fraction of sp³-hybridized carbons (Fsp3) is 0.0667. The van der Waals surface area contributed by atoms with Crippen molar-refractivity contribution in [2.45, 2.75) is 6.54 Å². The number of nitrogens with one attached hydrogen (secondary N) is 1. The molecule has 2 heterocycles. The highest BCUT2D eigenvalue weighted by Gasteiger charge is 2.08. The summed E-state index contributed by atoms with van der Waals surface area (Å²) < 4.78 is 14.8. The van der Waals surface area contributed by atoms with E-state index in [1.54, 1.807) is 28.8 Å². The maximum atomic E-state index is 13.1. The number of benzene rings is 1. The Bertz CT molecular complexity index is 816. The second-order valence-corrected chi connectivity index (χ2v) is 4.89. The third kappa shape index (κ3) is 2.87. The molecule has 0 aliphatic heterocycles. The Morgan fingerprint density at radius 3 is 2.86 bits per heavy atom. The van der Waals surface area contributed by atoms with Crippen LogP contribution in [-0.2, 0) is 6.54 Å². The molecule has 0 aliphatic carbocycles. The molecule has 4 nitrogen and oxygen atoms in total. The lowest BCUT2D eigenvalue weighted by Gasteiger charge is -2.03. The van der Waals surface area contributed by atoms with Gasteiger partial charge in [-0.05, 0) is 30.3 Å². The molecule has 1 aromatic carbocycles. The van der Waals surface area contributed by atoms with Gasteiger partial charge in [-0.25, -0.2) is 9.37 Å². The number of carbonyl (C=O) groups excluding carboxylic acids is 1. The lowest BCUT2D eigenvalue weighted by atomic mass is 10.2. The van der Waals surface area contributed by atoms with Gasteiger partial charge in [-0.2, -0.15) is 0 Å². The van der Waals surface area contributed by atoms with Crippen LogP contribution >= 0.6 is 11.6 Å². The molecule has 2 aromatic heterocycles. The number of amides is 1. The summed E-state index contributed by atoms with van der Waals surface area (Å²) in [6.07, 6.45) is 1.75. The predicted octanol–water partition coefficient (Wildman–Crippen LogP) is 3.06. The summed E-state index contributed by atoms with van der Waals surface area (Å²) in [5.41, 5.74) is 1.65. The number of hydrogen-bond acceptors (Lipinski definition) is 2. The van der Waals surface area contributed by atoms with E-state index >= 15 is 0 Å². The molecule has 3 aromatic rings. The molecule has 0 radical (unpaired) electrons. The minimum atomic E-state index is -0.442. The molecule has 0 fully saturated rings. The van der Waals surface area contributed by atoms with Gasteiger partial charge in [0.05, 0.1) is 12.2 Å². The standard InChI is InChI=1S/C15H11ClFN3O/c16-13-5-2-6-14-19-12(9-20(13)14)8-18-15(21)10-3-1-4-11(17)7-10/h1-7,9H,8H2,(H,18,21). The first-order valence-electron chi connectivity index (χ1n) is 6.30. The van der Waals surface area contributed by atoms with Gasteiger partial charge in [-0.1, -0.05) is 23.7 Å². The number of pyridine rings is 1. The molecule has 0 saturated heterocycles. The first kappa shape index (κ1) is 13.6. The normalized spacial score (nSPS) is 10.8. The fourth-order valence-electron chi connectivity index (χ4n) is 2.02. The lowest BCUT2D eigenvalue weighted by Crippen LogP contribution is -2.23. The minimum Gasteiger partial charge on any atom is -0.346 e. The van der Waals surface area contributed by atoms with E-state index in [4.69, 9.17) is 11.6 Å². The quantitative estimate of drug-likeness (QED) is 0.756. The van der Waals surface area contributed by atoms with Crippen molar-refractivity contribution in [3.63, 3.8) is 0 Å². The molecule has 0 atom stereocenters. The highest BCUT2D eigenvalue weighted by molar-refractivity contribution is 6.29. The van der Waals surface area contributed by atoms with Crippen molar-refractivity contribution >= 4 is 23.2 Å². The number of halogens is 2. The van der Waals surface area contributed by atoms with Crippen LogP contribution in [0.25, 0.3) is 5.65 Å². The van der Waals surface area contributed by atoms with Crippen LogP contribution in [0.3, 0.4) is 0 Å². The van der Waals surface area contributed by atoms with E-state index in [1.807, 2.05) is 6.07 Å². The van der Waals surface area contributed by atoms with E-state index < -0.39 is 5.82 Å². The monoisotopic (exact) mass is 303 g/mol. The average Bonchev–Trinajstić information content (AvgIpc) is 2.89. The Hall–Kier alpha value is -2.40. The molecular weight excluding hydrogens is 293 g/mol. The zero-order valence-corrected chi connectivity index (χ0v) is 11.6. The van der Waals surface area contributed by atoms with E-state index in [0.717, 1.165) is 0 Å². The predicted molar refractivity (Wildman–Crippen MR) is 77.8 cm³/mol. The molecule has 0 unspecified atom stereocenters. The van der Waals surface area contributed by atoms with Crippen LogP contribution in [0.15, 0.2) is 48.7 Å². The van der Waals surface area contributed by atoms with Crippen molar-refractivity contribution in [1.82, 2.24) is 14.7 Å². The van der Waals surface area contributed by atoms with Crippen molar-refractivity contribution in [2.75, 3.05) is 0 Å². The largest absolute Gasteiger partial charge is 0.346 e. The smallest absolute Gasteiger partial charge is 0.251 e. The molecule has 1 amide bonds. The number of aromatic nitrogens is 2. The first-order chi connectivity index (χ1) is 10.1. The van der Waals surface area contributed by atoms with Crippen LogP contribution in [-0.4, -0.2) is 15.3 Å². The summed E-state index contributed by atoms with van der Waals surface area (Å²) in [6.45, 7) is 0.243. The highest BCUT2D eigenvalue weighted by Crippen LogP contribution is 2.13. The number of imidazole rings is 1. The molecule has 21 heavy (non-hydrogen) atoms. The van der Waals surface area contributed by atoms with Gasteiger partial charge in [0.15, 0.2) is 0 Å². The van der Waals surface area contributed by atoms with Gasteiger partial charge in [0.1, 0.15) is 16.6 Å². The number of hydrogen-bond donors (Lipinski definition) is 1. The van der Waals surface area contributed by atoms with E-state index in [2.05, 4.69) is 10.3 Å². The summed E-state index contributed by atoms with van der Waals surface area (Å²) in [5.74, 6) is -0.792. The minimum absolute atomic E-state index is 0.243. The van der Waals surface area contributed by atoms with Crippen LogP contribution < -0.4 is 5.32 Å². The van der Waals surface area contributed by atoms with Crippen molar-refractivity contribution < 1.29 is 9.18 Å². The van der Waals surface area contributed by atoms with Crippen LogP contribution in [0.4, 0.5) is 4.39 Å². The van der Waals surface area contributed by atoms with Crippen LogP contribution in [0.2, 0.25) is 5.15 Å². The van der Waals surface area contributed by atoms with Crippen molar-refractivity contribution in [3.05, 3.63) is 70.9 Å². The highest BCUT2D eigenvalue weighted by atomic mass is 35.5. The van der Waals surface area contributed by atoms with E-state index in [-0.39, 0.29) is 18.0 Å². The second-order valence-electron chi connectivity index (χ2n) is 4.50. The Labute approximate surface area is 125 Å². The summed E-state index contributed by atoms with van der Waals surface area (Å²) in [6, 6.07) is 10.9. The number of carbonyl (C=O) groups is 1. The average molecular weight is 304 g/mol. The maximum Gasteiger partial charge on any atom is 0.251 e. The third-order valence-electron chi connectivity index (χ3n) is 3.01. The summed E-state index contributed by atoms with van der Waals surface area (Å²) >= 11 is 6.04. The third-order valence-corrected chi connectivity index (χ3v) is 3.32. The van der Waals surface area contributed by atoms with E-state index in [9.17, 15) is 9.18 Å². The number of rotatable bonds is 3. The topological polar surface area (TPSA) is 46.4 Å². The van der Waals surface area contributed by atoms with Crippen LogP contribution in [0.1, 0.15) is 16.1 Å². The van der Waals surface area contributed by atoms with Crippen LogP contribution in [0.5, 0.6) is 0 Å². The second kappa shape index (κ2) is 5.54. The molecule has 0 saturated carbocycles. The Balaban J connectivity index is 1.74. The molecule has 0 bridgehead atoms.